The standard InChI is InChI=1S/C16H15ClN2O3S/c1-22-14-8-7-13(17)11-15(14)23(20,21)19-10-9-18-16(19)12-5-3-2-4-6-12/h2-8,11H,9-10H2,1H3/p+1. The molecule has 0 unspecified atom stereocenters. The van der Waals surface area contributed by atoms with Gasteiger partial charge < -0.3 is 4.74 Å². The van der Waals surface area contributed by atoms with Crippen LogP contribution < -0.4 is 10.1 Å². The summed E-state index contributed by atoms with van der Waals surface area (Å²) in [7, 11) is -2.34. The van der Waals surface area contributed by atoms with Crippen LogP contribution in [0.4, 0.5) is 0 Å². The number of nitrogens with one attached hydrogen (secondary N) is 1. The Balaban J connectivity index is 2.18. The molecule has 0 radical (unpaired) electrons. The molecule has 2 aromatic carbocycles. The Morgan fingerprint density at radius 1 is 1.17 bits per heavy atom. The third-order valence-electron chi connectivity index (χ3n) is 3.60. The van der Waals surface area contributed by atoms with E-state index in [1.807, 2.05) is 30.3 Å². The number of hydrogen-bond acceptors (Lipinski definition) is 4. The van der Waals surface area contributed by atoms with Gasteiger partial charge in [-0.25, -0.2) is 0 Å². The summed E-state index contributed by atoms with van der Waals surface area (Å²) in [5.41, 5.74) is 0.814. The number of benzene rings is 2. The van der Waals surface area contributed by atoms with Gasteiger partial charge in [0.15, 0.2) is 4.90 Å². The summed E-state index contributed by atoms with van der Waals surface area (Å²) in [6.07, 6.45) is 0. The molecule has 0 saturated carbocycles. The van der Waals surface area contributed by atoms with E-state index < -0.39 is 10.0 Å². The Kier molecular flexibility index (Phi) is 4.28. The fraction of sp³-hybridized carbons (Fsp3) is 0.188. The highest BCUT2D eigenvalue weighted by Gasteiger charge is 2.35. The molecule has 0 amide bonds. The van der Waals surface area contributed by atoms with Gasteiger partial charge >= 0.3 is 10.0 Å². The number of ether oxygens (including phenoxy) is 1. The van der Waals surface area contributed by atoms with Crippen LogP contribution in [0.1, 0.15) is 5.56 Å². The fourth-order valence-electron chi connectivity index (χ4n) is 2.53. The molecule has 0 fully saturated rings. The second kappa shape index (κ2) is 6.22. The van der Waals surface area contributed by atoms with Crippen LogP contribution in [0.25, 0.3) is 0 Å². The van der Waals surface area contributed by atoms with Gasteiger partial charge in [-0.05, 0) is 30.3 Å². The lowest BCUT2D eigenvalue weighted by molar-refractivity contribution is -0.352. The molecule has 1 aliphatic rings. The van der Waals surface area contributed by atoms with E-state index in [1.54, 1.807) is 12.1 Å². The molecule has 0 atom stereocenters. The first-order valence-electron chi connectivity index (χ1n) is 7.06. The molecule has 5 nitrogen and oxygen atoms in total. The van der Waals surface area contributed by atoms with Crippen molar-refractivity contribution in [2.24, 2.45) is 0 Å². The van der Waals surface area contributed by atoms with E-state index >= 15 is 0 Å². The van der Waals surface area contributed by atoms with Crippen molar-refractivity contribution in [2.75, 3.05) is 20.2 Å². The Morgan fingerprint density at radius 2 is 1.91 bits per heavy atom. The molecule has 3 rings (SSSR count). The van der Waals surface area contributed by atoms with Gasteiger partial charge in [-0.15, -0.1) is 3.98 Å². The van der Waals surface area contributed by atoms with E-state index in [2.05, 4.69) is 5.32 Å². The lowest BCUT2D eigenvalue weighted by Gasteiger charge is -2.10. The number of amidine groups is 1. The van der Waals surface area contributed by atoms with Gasteiger partial charge in [0.25, 0.3) is 5.84 Å². The highest BCUT2D eigenvalue weighted by atomic mass is 35.5. The van der Waals surface area contributed by atoms with E-state index in [4.69, 9.17) is 16.3 Å². The summed E-state index contributed by atoms with van der Waals surface area (Å²) in [5.74, 6) is 0.835. The normalized spacial score (nSPS) is 14.7. The van der Waals surface area contributed by atoms with Crippen LogP contribution in [-0.4, -0.2) is 38.4 Å². The molecule has 0 aliphatic carbocycles. The summed E-state index contributed by atoms with van der Waals surface area (Å²) in [5, 5.41) is 3.49. The van der Waals surface area contributed by atoms with E-state index in [1.165, 1.54) is 17.2 Å². The highest BCUT2D eigenvalue weighted by molar-refractivity contribution is 7.85. The number of hydrogen-bond donors (Lipinski definition) is 1. The van der Waals surface area contributed by atoms with Gasteiger partial charge in [-0.3, -0.25) is 5.32 Å². The zero-order valence-corrected chi connectivity index (χ0v) is 14.1. The van der Waals surface area contributed by atoms with Gasteiger partial charge in [-0.2, -0.15) is 8.42 Å². The quantitative estimate of drug-likeness (QED) is 0.857. The predicted octanol–water partition coefficient (Wildman–Crippen LogP) is 2.10. The Labute approximate surface area is 140 Å². The maximum atomic E-state index is 13.1. The number of halogens is 1. The van der Waals surface area contributed by atoms with E-state index in [-0.39, 0.29) is 10.6 Å². The average molecular weight is 352 g/mol. The Bertz CT molecular complexity index is 864. The molecule has 1 aliphatic heterocycles. The van der Waals surface area contributed by atoms with Gasteiger partial charge in [0.2, 0.25) is 0 Å². The molecule has 0 spiro atoms. The van der Waals surface area contributed by atoms with Crippen molar-refractivity contribution in [2.45, 2.75) is 4.90 Å². The van der Waals surface area contributed by atoms with Gasteiger partial charge in [-0.1, -0.05) is 29.8 Å². The van der Waals surface area contributed by atoms with Crippen LogP contribution in [0.3, 0.4) is 0 Å². The van der Waals surface area contributed by atoms with Crippen molar-refractivity contribution < 1.29 is 17.1 Å². The summed E-state index contributed by atoms with van der Waals surface area (Å²) >= 11 is 5.98. The summed E-state index contributed by atoms with van der Waals surface area (Å²) in [4.78, 5) is 0.0598. The first kappa shape index (κ1) is 15.8. The van der Waals surface area contributed by atoms with E-state index in [0.29, 0.717) is 23.9 Å². The molecular formula is C16H16ClN2O3S+. The van der Waals surface area contributed by atoms with E-state index in [0.717, 1.165) is 5.56 Å². The average Bonchev–Trinajstić information content (AvgIpc) is 3.06. The minimum absolute atomic E-state index is 0.0598. The molecule has 23 heavy (non-hydrogen) atoms. The lowest BCUT2D eigenvalue weighted by Crippen LogP contribution is -2.28. The van der Waals surface area contributed by atoms with Gasteiger partial charge in [0.05, 0.1) is 12.7 Å². The highest BCUT2D eigenvalue weighted by Crippen LogP contribution is 2.29. The van der Waals surface area contributed by atoms with Crippen LogP contribution in [0.15, 0.2) is 53.4 Å². The second-order valence-electron chi connectivity index (χ2n) is 5.01. The molecule has 0 aromatic heterocycles. The topological polar surface area (TPSA) is 58.4 Å². The summed E-state index contributed by atoms with van der Waals surface area (Å²) in [6.45, 7) is 0.897. The maximum absolute atomic E-state index is 13.1. The largest absolute Gasteiger partial charge is 0.495 e. The summed E-state index contributed by atoms with van der Waals surface area (Å²) < 4.78 is 32.7. The van der Waals surface area contributed by atoms with Crippen LogP contribution in [-0.2, 0) is 10.0 Å². The molecule has 1 N–H and O–H groups in total. The van der Waals surface area contributed by atoms with E-state index in [9.17, 15) is 8.42 Å². The smallest absolute Gasteiger partial charge is 0.335 e. The maximum Gasteiger partial charge on any atom is 0.335 e. The molecule has 7 heteroatoms. The minimum Gasteiger partial charge on any atom is -0.495 e. The van der Waals surface area contributed by atoms with Crippen LogP contribution in [0.2, 0.25) is 5.02 Å². The monoisotopic (exact) mass is 351 g/mol. The first-order chi connectivity index (χ1) is 11.0. The van der Waals surface area contributed by atoms with Crippen molar-refractivity contribution in [1.82, 2.24) is 5.32 Å². The fourth-order valence-corrected chi connectivity index (χ4v) is 4.43. The van der Waals surface area contributed by atoms with Crippen LogP contribution >= 0.6 is 11.6 Å². The molecule has 0 bridgehead atoms. The van der Waals surface area contributed by atoms with Crippen LogP contribution in [0, 0.1) is 0 Å². The SMILES string of the molecule is COc1ccc(Cl)cc1S(=O)(=O)[N+]1=C(c2ccccc2)NCC1. The molecule has 1 heterocycles. The molecule has 2 aromatic rings. The van der Waals surface area contributed by atoms with Crippen molar-refractivity contribution in [1.29, 1.82) is 0 Å². The molecular weight excluding hydrogens is 336 g/mol. The molecule has 120 valence electrons. The lowest BCUT2D eigenvalue weighted by atomic mass is 10.2. The van der Waals surface area contributed by atoms with Crippen molar-refractivity contribution in [3.8, 4) is 5.75 Å². The number of methoxy groups -OCH3 is 1. The van der Waals surface area contributed by atoms with Gasteiger partial charge in [0.1, 0.15) is 18.8 Å². The number of rotatable bonds is 4. The second-order valence-corrected chi connectivity index (χ2v) is 7.28. The third-order valence-corrected chi connectivity index (χ3v) is 5.65. The zero-order chi connectivity index (χ0) is 16.4. The Morgan fingerprint density at radius 3 is 2.61 bits per heavy atom. The molecule has 0 saturated heterocycles. The number of nitrogens with zero attached hydrogens (tertiary/aromatic N) is 1. The zero-order valence-electron chi connectivity index (χ0n) is 12.5. The Hall–Kier alpha value is -2.05. The number of sulfonamides is 1. The first-order valence-corrected chi connectivity index (χ1v) is 8.88. The predicted molar refractivity (Wildman–Crippen MR) is 88.9 cm³/mol. The van der Waals surface area contributed by atoms with Crippen molar-refractivity contribution in [3.63, 3.8) is 0 Å². The summed E-state index contributed by atoms with van der Waals surface area (Å²) in [6, 6.07) is 13.9. The van der Waals surface area contributed by atoms with Gasteiger partial charge in [0, 0.05) is 5.02 Å². The van der Waals surface area contributed by atoms with Crippen LogP contribution in [0.5, 0.6) is 5.75 Å². The third kappa shape index (κ3) is 2.92. The van der Waals surface area contributed by atoms with Crippen molar-refractivity contribution in [3.05, 3.63) is 59.1 Å². The van der Waals surface area contributed by atoms with Crippen molar-refractivity contribution >= 4 is 27.5 Å². The minimum atomic E-state index is -3.78.